The fraction of sp³-hybridized carbons (Fsp3) is 0.259. The summed E-state index contributed by atoms with van der Waals surface area (Å²) in [5.41, 5.74) is -2.16. The van der Waals surface area contributed by atoms with E-state index >= 15 is 0 Å². The van der Waals surface area contributed by atoms with Crippen molar-refractivity contribution in [2.75, 3.05) is 31.1 Å². The Morgan fingerprint density at radius 3 is 2.02 bits per heavy atom. The van der Waals surface area contributed by atoms with Crippen LogP contribution in [0.25, 0.3) is 0 Å². The minimum absolute atomic E-state index is 0.0854. The second-order valence-corrected chi connectivity index (χ2v) is 11.3. The van der Waals surface area contributed by atoms with Gasteiger partial charge in [0.2, 0.25) is 15.9 Å². The first kappa shape index (κ1) is 29.4. The first-order valence-electron chi connectivity index (χ1n) is 12.6. The highest BCUT2D eigenvalue weighted by Gasteiger charge is 2.45. The fourth-order valence-electron chi connectivity index (χ4n) is 4.88. The smallest absolute Gasteiger partial charge is 0.355 e. The van der Waals surface area contributed by atoms with Gasteiger partial charge in [0.05, 0.1) is 10.5 Å². The number of alkyl halides is 6. The summed E-state index contributed by atoms with van der Waals surface area (Å²) in [6.45, 7) is 0.924. The minimum atomic E-state index is -4.89. The maximum absolute atomic E-state index is 14.3. The maximum atomic E-state index is 14.3. The topological polar surface area (TPSA) is 104 Å². The summed E-state index contributed by atoms with van der Waals surface area (Å²) < 4.78 is 106. The molecule has 0 spiro atoms. The van der Waals surface area contributed by atoms with Crippen molar-refractivity contribution in [3.05, 3.63) is 102 Å². The van der Waals surface area contributed by atoms with Crippen molar-refractivity contribution in [3.63, 3.8) is 0 Å². The van der Waals surface area contributed by atoms with Gasteiger partial charge >= 0.3 is 12.4 Å². The molecule has 1 fully saturated rings. The van der Waals surface area contributed by atoms with Gasteiger partial charge in [-0.1, -0.05) is 42.5 Å². The van der Waals surface area contributed by atoms with Crippen LogP contribution in [0.3, 0.4) is 0 Å². The molecule has 3 heterocycles. The molecule has 1 saturated heterocycles. The van der Waals surface area contributed by atoms with E-state index in [0.717, 1.165) is 12.3 Å². The number of piperazine rings is 1. The molecule has 0 radical (unpaired) electrons. The number of hydrogen-bond donors (Lipinski definition) is 2. The third-order valence-corrected chi connectivity index (χ3v) is 7.90. The predicted molar refractivity (Wildman–Crippen MR) is 143 cm³/mol. The number of amidine groups is 1. The number of nitrogens with one attached hydrogen (secondary N) is 1. The molecule has 3 aromatic rings. The number of rotatable bonds is 5. The number of anilines is 1. The molecule has 222 valence electrons. The van der Waals surface area contributed by atoms with E-state index < -0.39 is 39.3 Å². The molecule has 8 nitrogen and oxygen atoms in total. The minimum Gasteiger partial charge on any atom is -0.355 e. The van der Waals surface area contributed by atoms with Crippen molar-refractivity contribution in [2.45, 2.75) is 22.8 Å². The van der Waals surface area contributed by atoms with Crippen molar-refractivity contribution >= 4 is 21.7 Å². The van der Waals surface area contributed by atoms with Crippen molar-refractivity contribution < 1.29 is 34.8 Å². The predicted octanol–water partition coefficient (Wildman–Crippen LogP) is 4.22. The van der Waals surface area contributed by atoms with Gasteiger partial charge in [-0.25, -0.2) is 23.5 Å². The maximum Gasteiger partial charge on any atom is 0.449 e. The molecule has 15 heteroatoms. The molecule has 42 heavy (non-hydrogen) atoms. The third-order valence-electron chi connectivity index (χ3n) is 6.98. The lowest BCUT2D eigenvalue weighted by atomic mass is 9.82. The Labute approximate surface area is 237 Å². The number of aliphatic imine (C=N–C) groups is 1. The van der Waals surface area contributed by atoms with Gasteiger partial charge in [-0.2, -0.15) is 26.3 Å². The van der Waals surface area contributed by atoms with Crippen LogP contribution in [-0.4, -0.2) is 56.5 Å². The average Bonchev–Trinajstić information content (AvgIpc) is 2.96. The first-order valence-corrected chi connectivity index (χ1v) is 14.1. The Bertz CT molecular complexity index is 1620. The van der Waals surface area contributed by atoms with E-state index in [1.807, 2.05) is 0 Å². The van der Waals surface area contributed by atoms with Crippen LogP contribution in [0.2, 0.25) is 0 Å². The number of benzene rings is 2. The highest BCUT2D eigenvalue weighted by molar-refractivity contribution is 7.89. The Morgan fingerprint density at radius 2 is 1.45 bits per heavy atom. The van der Waals surface area contributed by atoms with Crippen LogP contribution in [-0.2, 0) is 21.7 Å². The monoisotopic (exact) mass is 610 g/mol. The number of sulfonamides is 1. The van der Waals surface area contributed by atoms with Gasteiger partial charge < -0.3 is 15.1 Å². The number of nitrogens with two attached hydrogens (primary N) is 1. The lowest BCUT2D eigenvalue weighted by Crippen LogP contribution is -2.53. The number of hydrogen-bond acceptors (Lipinski definition) is 7. The molecule has 5 rings (SSSR count). The van der Waals surface area contributed by atoms with Gasteiger partial charge in [0.15, 0.2) is 0 Å². The molecule has 1 atom stereocenters. The Kier molecular flexibility index (Phi) is 7.43. The molecule has 2 aliphatic heterocycles. The summed E-state index contributed by atoms with van der Waals surface area (Å²) in [5, 5.41) is 7.71. The number of pyridine rings is 1. The molecular formula is C27H24F6N6O2S. The summed E-state index contributed by atoms with van der Waals surface area (Å²) >= 11 is 0. The first-order chi connectivity index (χ1) is 19.7. The molecule has 0 amide bonds. The Hall–Kier alpha value is -4.11. The van der Waals surface area contributed by atoms with Crippen LogP contribution >= 0.6 is 0 Å². The van der Waals surface area contributed by atoms with Crippen LogP contribution in [0.1, 0.15) is 16.7 Å². The zero-order valence-corrected chi connectivity index (χ0v) is 22.5. The number of primary sulfonamides is 1. The molecule has 1 unspecified atom stereocenters. The van der Waals surface area contributed by atoms with Crippen LogP contribution in [0.15, 0.2) is 94.7 Å². The summed E-state index contributed by atoms with van der Waals surface area (Å²) in [4.78, 5) is 11.1. The van der Waals surface area contributed by atoms with Gasteiger partial charge in [-0.05, 0) is 41.5 Å². The zero-order chi connectivity index (χ0) is 30.3. The third kappa shape index (κ3) is 5.92. The standard InChI is InChI=1S/C27H24F6N6O2S/c28-26(29,30)20-9-10-22(35-17-20)38-11-13-39(14-12-38)23-16-25(18-5-2-1-3-6-18,37-24(36-23)27(31,32)33)19-7-4-8-21(15-19)42(34,40)41/h1-10,15-17H,11-14H2,(H,36,37)(H2,34,40,41). The highest BCUT2D eigenvalue weighted by atomic mass is 32.2. The van der Waals surface area contributed by atoms with Crippen LogP contribution in [0, 0.1) is 0 Å². The number of halogens is 6. The van der Waals surface area contributed by atoms with Crippen molar-refractivity contribution in [3.8, 4) is 0 Å². The summed E-state index contributed by atoms with van der Waals surface area (Å²) in [7, 11) is -4.18. The van der Waals surface area contributed by atoms with Crippen molar-refractivity contribution in [1.82, 2.24) is 15.2 Å². The van der Waals surface area contributed by atoms with Gasteiger partial charge in [0.1, 0.15) is 17.2 Å². The largest absolute Gasteiger partial charge is 0.449 e. The molecule has 2 aliphatic rings. The van der Waals surface area contributed by atoms with Crippen LogP contribution in [0.4, 0.5) is 32.2 Å². The van der Waals surface area contributed by atoms with Gasteiger partial charge in [0, 0.05) is 32.4 Å². The van der Waals surface area contributed by atoms with E-state index in [0.29, 0.717) is 11.4 Å². The van der Waals surface area contributed by atoms with Gasteiger partial charge in [-0.15, -0.1) is 0 Å². The highest BCUT2D eigenvalue weighted by Crippen LogP contribution is 2.41. The fourth-order valence-corrected chi connectivity index (χ4v) is 5.44. The second-order valence-electron chi connectivity index (χ2n) is 9.69. The van der Waals surface area contributed by atoms with Crippen LogP contribution < -0.4 is 15.4 Å². The van der Waals surface area contributed by atoms with E-state index in [4.69, 9.17) is 5.14 Å². The Balaban J connectivity index is 1.53. The lowest BCUT2D eigenvalue weighted by molar-refractivity contribution is -0.137. The van der Waals surface area contributed by atoms with Gasteiger partial charge in [-0.3, -0.25) is 0 Å². The van der Waals surface area contributed by atoms with Crippen molar-refractivity contribution in [1.29, 1.82) is 0 Å². The summed E-state index contributed by atoms with van der Waals surface area (Å²) in [6, 6.07) is 15.6. The molecule has 2 aromatic carbocycles. The zero-order valence-electron chi connectivity index (χ0n) is 21.7. The summed E-state index contributed by atoms with van der Waals surface area (Å²) in [5.74, 6) is -0.886. The molecule has 0 saturated carbocycles. The second kappa shape index (κ2) is 10.6. The van der Waals surface area contributed by atoms with E-state index in [1.54, 1.807) is 40.1 Å². The molecule has 0 bridgehead atoms. The lowest BCUT2D eigenvalue weighted by Gasteiger charge is -2.42. The average molecular weight is 611 g/mol. The van der Waals surface area contributed by atoms with E-state index in [1.165, 1.54) is 36.4 Å². The SMILES string of the molecule is NS(=O)(=O)c1cccc(C2(c3ccccc3)C=C(N3CCN(c4ccc(C(F)(F)F)cn4)CC3)NC(C(F)(F)F)=N2)c1. The van der Waals surface area contributed by atoms with Gasteiger partial charge in [0.25, 0.3) is 0 Å². The van der Waals surface area contributed by atoms with E-state index in [-0.39, 0.29) is 42.5 Å². The molecular weight excluding hydrogens is 586 g/mol. The molecule has 3 N–H and O–H groups in total. The molecule has 0 aliphatic carbocycles. The Morgan fingerprint density at radius 1 is 0.810 bits per heavy atom. The van der Waals surface area contributed by atoms with Crippen molar-refractivity contribution in [2.24, 2.45) is 10.1 Å². The van der Waals surface area contributed by atoms with Crippen LogP contribution in [0.5, 0.6) is 0 Å². The summed E-state index contributed by atoms with van der Waals surface area (Å²) in [6.07, 6.45) is -7.17. The van der Waals surface area contributed by atoms with E-state index in [2.05, 4.69) is 15.3 Å². The normalized spacial score (nSPS) is 20.1. The quantitative estimate of drug-likeness (QED) is 0.420. The van der Waals surface area contributed by atoms with E-state index in [9.17, 15) is 34.8 Å². The molecule has 1 aromatic heterocycles. The number of aromatic nitrogens is 1. The number of nitrogens with zero attached hydrogens (tertiary/aromatic N) is 4.